The maximum absolute atomic E-state index is 12.4. The molecule has 1 saturated carbocycles. The molecule has 0 radical (unpaired) electrons. The van der Waals surface area contributed by atoms with Gasteiger partial charge in [0.2, 0.25) is 5.91 Å². The Hall–Kier alpha value is -1.10. The third-order valence-electron chi connectivity index (χ3n) is 4.09. The number of morpholine rings is 1. The van der Waals surface area contributed by atoms with E-state index in [1.807, 2.05) is 27.7 Å². The number of hydrogen-bond donors (Lipinski definition) is 1. The molecule has 1 aliphatic heterocycles. The van der Waals surface area contributed by atoms with E-state index in [9.17, 15) is 9.59 Å². The Balaban J connectivity index is 2.07. The summed E-state index contributed by atoms with van der Waals surface area (Å²) in [6.45, 7) is 8.68. The Morgan fingerprint density at radius 1 is 1.17 bits per heavy atom. The smallest absolute Gasteiger partial charge is 0.307 e. The maximum Gasteiger partial charge on any atom is 0.307 e. The first-order valence-corrected chi connectivity index (χ1v) is 6.42. The SMILES string of the molecule is C[C@@H]1CN(C(=O)[C@@H]2[C@@H](C(=O)O)C2(C)C)C[C@H](C)O1. The molecular weight excluding hydrogens is 234 g/mol. The highest BCUT2D eigenvalue weighted by Crippen LogP contribution is 2.59. The van der Waals surface area contributed by atoms with Crippen LogP contribution in [0.3, 0.4) is 0 Å². The van der Waals surface area contributed by atoms with Crippen molar-refractivity contribution in [2.45, 2.75) is 39.9 Å². The molecule has 18 heavy (non-hydrogen) atoms. The Labute approximate surface area is 107 Å². The molecular formula is C13H21NO4. The number of ether oxygens (including phenoxy) is 1. The minimum absolute atomic E-state index is 0.0165. The predicted molar refractivity (Wildman–Crippen MR) is 65.0 cm³/mol. The van der Waals surface area contributed by atoms with Crippen molar-refractivity contribution in [1.29, 1.82) is 0 Å². The van der Waals surface area contributed by atoms with Crippen molar-refractivity contribution in [2.75, 3.05) is 13.1 Å². The van der Waals surface area contributed by atoms with Gasteiger partial charge in [0.1, 0.15) is 0 Å². The summed E-state index contributed by atoms with van der Waals surface area (Å²) in [6, 6.07) is 0. The fourth-order valence-corrected chi connectivity index (χ4v) is 3.11. The first-order chi connectivity index (χ1) is 8.25. The van der Waals surface area contributed by atoms with Gasteiger partial charge in [0.25, 0.3) is 0 Å². The van der Waals surface area contributed by atoms with Crippen molar-refractivity contribution >= 4 is 11.9 Å². The molecule has 5 nitrogen and oxygen atoms in total. The zero-order valence-electron chi connectivity index (χ0n) is 11.3. The summed E-state index contributed by atoms with van der Waals surface area (Å²) in [5.41, 5.74) is -0.423. The fourth-order valence-electron chi connectivity index (χ4n) is 3.11. The van der Waals surface area contributed by atoms with E-state index < -0.39 is 17.3 Å². The monoisotopic (exact) mass is 255 g/mol. The van der Waals surface area contributed by atoms with Gasteiger partial charge in [-0.1, -0.05) is 13.8 Å². The van der Waals surface area contributed by atoms with E-state index in [2.05, 4.69) is 0 Å². The van der Waals surface area contributed by atoms with Crippen LogP contribution in [0.1, 0.15) is 27.7 Å². The number of nitrogens with zero attached hydrogens (tertiary/aromatic N) is 1. The number of aliphatic carboxylic acids is 1. The normalized spacial score (nSPS) is 38.3. The molecule has 1 heterocycles. The molecule has 0 aromatic heterocycles. The first kappa shape index (κ1) is 13.3. The van der Waals surface area contributed by atoms with E-state index in [4.69, 9.17) is 9.84 Å². The van der Waals surface area contributed by atoms with Crippen LogP contribution in [0.15, 0.2) is 0 Å². The summed E-state index contributed by atoms with van der Waals surface area (Å²) in [5, 5.41) is 9.12. The minimum Gasteiger partial charge on any atom is -0.481 e. The van der Waals surface area contributed by atoms with Gasteiger partial charge < -0.3 is 14.7 Å². The van der Waals surface area contributed by atoms with Crippen LogP contribution in [0.2, 0.25) is 0 Å². The predicted octanol–water partition coefficient (Wildman–Crippen LogP) is 0.979. The molecule has 0 aromatic rings. The van der Waals surface area contributed by atoms with Gasteiger partial charge in [0.05, 0.1) is 24.0 Å². The number of carboxylic acids is 1. The third kappa shape index (κ3) is 2.11. The molecule has 0 aromatic carbocycles. The number of carboxylic acid groups (broad SMARTS) is 1. The second-order valence-electron chi connectivity index (χ2n) is 6.12. The van der Waals surface area contributed by atoms with Crippen LogP contribution in [-0.4, -0.2) is 47.2 Å². The first-order valence-electron chi connectivity index (χ1n) is 6.42. The van der Waals surface area contributed by atoms with Gasteiger partial charge in [0, 0.05) is 13.1 Å². The van der Waals surface area contributed by atoms with E-state index in [1.54, 1.807) is 4.90 Å². The van der Waals surface area contributed by atoms with Gasteiger partial charge in [-0.25, -0.2) is 0 Å². The van der Waals surface area contributed by atoms with Crippen LogP contribution < -0.4 is 0 Å². The highest BCUT2D eigenvalue weighted by molar-refractivity contribution is 5.91. The summed E-state index contributed by atoms with van der Waals surface area (Å²) in [5.74, 6) is -1.83. The van der Waals surface area contributed by atoms with Gasteiger partial charge in [-0.2, -0.15) is 0 Å². The molecule has 1 saturated heterocycles. The summed E-state index contributed by atoms with van der Waals surface area (Å²) < 4.78 is 5.58. The van der Waals surface area contributed by atoms with Crippen molar-refractivity contribution < 1.29 is 19.4 Å². The zero-order chi connectivity index (χ0) is 13.7. The largest absolute Gasteiger partial charge is 0.481 e. The minimum atomic E-state index is -0.868. The van der Waals surface area contributed by atoms with E-state index in [1.165, 1.54) is 0 Å². The molecule has 5 heteroatoms. The van der Waals surface area contributed by atoms with Crippen LogP contribution >= 0.6 is 0 Å². The second kappa shape index (κ2) is 4.23. The maximum atomic E-state index is 12.4. The molecule has 4 atom stereocenters. The molecule has 2 rings (SSSR count). The van der Waals surface area contributed by atoms with Gasteiger partial charge in [-0.3, -0.25) is 9.59 Å². The van der Waals surface area contributed by atoms with E-state index in [0.29, 0.717) is 13.1 Å². The van der Waals surface area contributed by atoms with Crippen LogP contribution in [0, 0.1) is 17.3 Å². The highest BCUT2D eigenvalue weighted by Gasteiger charge is 2.66. The zero-order valence-corrected chi connectivity index (χ0v) is 11.3. The lowest BCUT2D eigenvalue weighted by molar-refractivity contribution is -0.147. The molecule has 102 valence electrons. The van der Waals surface area contributed by atoms with E-state index >= 15 is 0 Å². The van der Waals surface area contributed by atoms with Gasteiger partial charge in [-0.15, -0.1) is 0 Å². The molecule has 2 fully saturated rings. The van der Waals surface area contributed by atoms with Crippen LogP contribution in [0.4, 0.5) is 0 Å². The molecule has 0 unspecified atom stereocenters. The topological polar surface area (TPSA) is 66.8 Å². The lowest BCUT2D eigenvalue weighted by atomic mass is 10.1. The Bertz CT molecular complexity index is 369. The molecule has 1 N–H and O–H groups in total. The van der Waals surface area contributed by atoms with Gasteiger partial charge in [-0.05, 0) is 19.3 Å². The van der Waals surface area contributed by atoms with Crippen LogP contribution in [0.25, 0.3) is 0 Å². The van der Waals surface area contributed by atoms with Crippen molar-refractivity contribution in [3.05, 3.63) is 0 Å². The molecule has 0 spiro atoms. The lowest BCUT2D eigenvalue weighted by Crippen LogP contribution is -2.49. The van der Waals surface area contributed by atoms with Crippen LogP contribution in [-0.2, 0) is 14.3 Å². The van der Waals surface area contributed by atoms with Crippen molar-refractivity contribution in [1.82, 2.24) is 4.90 Å². The Morgan fingerprint density at radius 3 is 2.06 bits per heavy atom. The highest BCUT2D eigenvalue weighted by atomic mass is 16.5. The third-order valence-corrected chi connectivity index (χ3v) is 4.09. The number of carbonyl (C=O) groups excluding carboxylic acids is 1. The summed E-state index contributed by atoms with van der Waals surface area (Å²) >= 11 is 0. The standard InChI is InChI=1S/C13H21NO4/c1-7-5-14(6-8(2)18-7)11(15)9-10(12(16)17)13(9,3)4/h7-10H,5-6H2,1-4H3,(H,16,17)/t7-,8+,9-,10-/m0/s1. The number of hydrogen-bond acceptors (Lipinski definition) is 3. The van der Waals surface area contributed by atoms with Crippen LogP contribution in [0.5, 0.6) is 0 Å². The average Bonchev–Trinajstić information content (AvgIpc) is 2.79. The number of rotatable bonds is 2. The average molecular weight is 255 g/mol. The Kier molecular flexibility index (Phi) is 3.13. The molecule has 1 aliphatic carbocycles. The quantitative estimate of drug-likeness (QED) is 0.798. The molecule has 2 aliphatic rings. The summed E-state index contributed by atoms with van der Waals surface area (Å²) in [6.07, 6.45) is 0.0330. The van der Waals surface area contributed by atoms with E-state index in [0.717, 1.165) is 0 Å². The van der Waals surface area contributed by atoms with Crippen molar-refractivity contribution in [3.63, 3.8) is 0 Å². The number of carbonyl (C=O) groups is 2. The number of amides is 1. The Morgan fingerprint density at radius 2 is 1.67 bits per heavy atom. The van der Waals surface area contributed by atoms with Crippen molar-refractivity contribution in [3.8, 4) is 0 Å². The van der Waals surface area contributed by atoms with Gasteiger partial charge >= 0.3 is 5.97 Å². The fraction of sp³-hybridized carbons (Fsp3) is 0.846. The molecule has 1 amide bonds. The lowest BCUT2D eigenvalue weighted by Gasteiger charge is -2.35. The van der Waals surface area contributed by atoms with E-state index in [-0.39, 0.29) is 24.0 Å². The van der Waals surface area contributed by atoms with Gasteiger partial charge in [0.15, 0.2) is 0 Å². The second-order valence-corrected chi connectivity index (χ2v) is 6.12. The van der Waals surface area contributed by atoms with Crippen molar-refractivity contribution in [2.24, 2.45) is 17.3 Å². The summed E-state index contributed by atoms with van der Waals surface area (Å²) in [7, 11) is 0. The molecule has 0 bridgehead atoms. The summed E-state index contributed by atoms with van der Waals surface area (Å²) in [4.78, 5) is 25.3.